The highest BCUT2D eigenvalue weighted by Crippen LogP contribution is 2.41. The van der Waals surface area contributed by atoms with Crippen LogP contribution in [0.1, 0.15) is 31.2 Å². The number of carbonyl (C=O) groups excluding carboxylic acids is 2. The van der Waals surface area contributed by atoms with E-state index in [1.807, 2.05) is 0 Å². The summed E-state index contributed by atoms with van der Waals surface area (Å²) in [6, 6.07) is 10.4. The van der Waals surface area contributed by atoms with Crippen LogP contribution in [0, 0.1) is 27.8 Å². The fraction of sp³-hybridized carbons (Fsp3) is 0.333. The van der Waals surface area contributed by atoms with Gasteiger partial charge >= 0.3 is 0 Å². The molecular formula is C21H20FN3O4. The molecule has 0 bridgehead atoms. The Morgan fingerprint density at radius 1 is 1.07 bits per heavy atom. The number of benzene rings is 2. The first-order valence-electron chi connectivity index (χ1n) is 9.61. The molecule has 2 atom stereocenters. The van der Waals surface area contributed by atoms with Gasteiger partial charge in [-0.05, 0) is 31.0 Å². The summed E-state index contributed by atoms with van der Waals surface area (Å²) in [6.07, 6.45) is 3.17. The van der Waals surface area contributed by atoms with Crippen molar-refractivity contribution >= 4 is 28.9 Å². The van der Waals surface area contributed by atoms with Crippen LogP contribution in [0.3, 0.4) is 0 Å². The lowest BCUT2D eigenvalue weighted by atomic mass is 9.81. The van der Waals surface area contributed by atoms with E-state index < -0.39 is 10.7 Å². The molecule has 2 fully saturated rings. The summed E-state index contributed by atoms with van der Waals surface area (Å²) < 4.78 is 13.8. The number of halogens is 1. The van der Waals surface area contributed by atoms with E-state index in [-0.39, 0.29) is 47.3 Å². The minimum Gasteiger partial charge on any atom is -0.375 e. The molecule has 4 rings (SSSR count). The molecule has 2 aromatic rings. The first kappa shape index (κ1) is 19.0. The van der Waals surface area contributed by atoms with E-state index in [1.165, 1.54) is 24.3 Å². The summed E-state index contributed by atoms with van der Waals surface area (Å²) in [7, 11) is 0. The smallest absolute Gasteiger partial charge is 0.294 e. The van der Waals surface area contributed by atoms with Gasteiger partial charge in [0.25, 0.3) is 5.69 Å². The number of amides is 2. The Hall–Kier alpha value is -3.29. The highest BCUT2D eigenvalue weighted by atomic mass is 19.1. The Morgan fingerprint density at radius 3 is 2.34 bits per heavy atom. The third kappa shape index (κ3) is 3.46. The molecule has 1 aliphatic carbocycles. The van der Waals surface area contributed by atoms with Crippen LogP contribution < -0.4 is 10.2 Å². The van der Waals surface area contributed by atoms with E-state index in [4.69, 9.17) is 0 Å². The average Bonchev–Trinajstić information content (AvgIpc) is 2.98. The normalized spacial score (nSPS) is 21.2. The Kier molecular flexibility index (Phi) is 5.00. The minimum atomic E-state index is -0.578. The molecule has 150 valence electrons. The van der Waals surface area contributed by atoms with Crippen LogP contribution >= 0.6 is 0 Å². The number of imide groups is 1. The number of anilines is 2. The van der Waals surface area contributed by atoms with Gasteiger partial charge < -0.3 is 5.32 Å². The summed E-state index contributed by atoms with van der Waals surface area (Å²) >= 11 is 0. The monoisotopic (exact) mass is 397 g/mol. The molecule has 2 amide bonds. The van der Waals surface area contributed by atoms with Gasteiger partial charge in [0.15, 0.2) is 0 Å². The number of nitro groups is 1. The zero-order chi connectivity index (χ0) is 20.5. The number of nitro benzene ring substituents is 1. The van der Waals surface area contributed by atoms with Crippen LogP contribution in [-0.4, -0.2) is 16.7 Å². The fourth-order valence-electron chi connectivity index (χ4n) is 4.21. The summed E-state index contributed by atoms with van der Waals surface area (Å²) in [5.41, 5.74) is 0.505. The lowest BCUT2D eigenvalue weighted by Crippen LogP contribution is -2.30. The zero-order valence-electron chi connectivity index (χ0n) is 15.6. The maximum atomic E-state index is 13.8. The summed E-state index contributed by atoms with van der Waals surface area (Å²) in [6.45, 7) is 0.0680. The Morgan fingerprint density at radius 2 is 1.72 bits per heavy atom. The van der Waals surface area contributed by atoms with E-state index in [0.29, 0.717) is 18.4 Å². The van der Waals surface area contributed by atoms with Gasteiger partial charge in [0.2, 0.25) is 11.8 Å². The molecule has 2 aliphatic rings. The van der Waals surface area contributed by atoms with Gasteiger partial charge in [0.05, 0.1) is 22.4 Å². The van der Waals surface area contributed by atoms with Gasteiger partial charge in [-0.15, -0.1) is 0 Å². The first-order valence-corrected chi connectivity index (χ1v) is 9.61. The number of fused-ring (bicyclic) bond motifs is 1. The van der Waals surface area contributed by atoms with Gasteiger partial charge in [-0.25, -0.2) is 9.29 Å². The lowest BCUT2D eigenvalue weighted by molar-refractivity contribution is -0.383. The molecule has 0 unspecified atom stereocenters. The first-order chi connectivity index (χ1) is 14.0. The largest absolute Gasteiger partial charge is 0.375 e. The van der Waals surface area contributed by atoms with Gasteiger partial charge in [-0.2, -0.15) is 0 Å². The van der Waals surface area contributed by atoms with Crippen LogP contribution in [0.25, 0.3) is 0 Å². The minimum absolute atomic E-state index is 0.0680. The highest BCUT2D eigenvalue weighted by molar-refractivity contribution is 6.22. The zero-order valence-corrected chi connectivity index (χ0v) is 15.6. The molecule has 1 saturated heterocycles. The Balaban J connectivity index is 1.61. The van der Waals surface area contributed by atoms with Crippen LogP contribution in [-0.2, 0) is 16.1 Å². The topological polar surface area (TPSA) is 92.6 Å². The number of rotatable bonds is 5. The summed E-state index contributed by atoms with van der Waals surface area (Å²) in [5, 5.41) is 14.5. The summed E-state index contributed by atoms with van der Waals surface area (Å²) in [4.78, 5) is 37.6. The molecule has 1 saturated carbocycles. The predicted molar refractivity (Wildman–Crippen MR) is 105 cm³/mol. The van der Waals surface area contributed by atoms with Crippen LogP contribution in [0.4, 0.5) is 21.5 Å². The van der Waals surface area contributed by atoms with E-state index in [0.717, 1.165) is 17.7 Å². The molecule has 1 N–H and O–H groups in total. The number of carbonyl (C=O) groups is 2. The SMILES string of the molecule is O=C1[C@H]2CCCC[C@H]2C(=O)N1c1ccc(NCc2ccccc2F)c([N+](=O)[O-])c1. The Bertz CT molecular complexity index is 970. The average molecular weight is 397 g/mol. The second-order valence-electron chi connectivity index (χ2n) is 7.41. The number of hydrogen-bond donors (Lipinski definition) is 1. The van der Waals surface area contributed by atoms with Gasteiger partial charge in [-0.1, -0.05) is 31.0 Å². The molecule has 29 heavy (non-hydrogen) atoms. The maximum Gasteiger partial charge on any atom is 0.294 e. The van der Waals surface area contributed by atoms with E-state index in [2.05, 4.69) is 5.32 Å². The third-order valence-corrected chi connectivity index (χ3v) is 5.70. The molecule has 0 spiro atoms. The number of nitrogens with one attached hydrogen (secondary N) is 1. The van der Waals surface area contributed by atoms with Crippen molar-refractivity contribution < 1.29 is 18.9 Å². The lowest BCUT2D eigenvalue weighted by Gasteiger charge is -2.19. The molecule has 7 nitrogen and oxygen atoms in total. The quantitative estimate of drug-likeness (QED) is 0.467. The van der Waals surface area contributed by atoms with Crippen LogP contribution in [0.2, 0.25) is 0 Å². The highest BCUT2D eigenvalue weighted by Gasteiger charge is 2.49. The standard InChI is InChI=1S/C21H20FN3O4/c22-17-8-4-1-5-13(17)12-23-18-10-9-14(11-19(18)25(28)29)24-20(26)15-6-2-3-7-16(15)21(24)27/h1,4-5,8-11,15-16,23H,2-3,6-7,12H2/t15-,16+. The number of nitrogens with zero attached hydrogens (tertiary/aromatic N) is 2. The van der Waals surface area contributed by atoms with Gasteiger partial charge in [0.1, 0.15) is 11.5 Å². The van der Waals surface area contributed by atoms with Crippen molar-refractivity contribution in [3.63, 3.8) is 0 Å². The molecule has 8 heteroatoms. The van der Waals surface area contributed by atoms with Crippen molar-refractivity contribution in [1.82, 2.24) is 0 Å². The predicted octanol–water partition coefficient (Wildman–Crippen LogP) is 4.03. The van der Waals surface area contributed by atoms with E-state index in [9.17, 15) is 24.1 Å². The summed E-state index contributed by atoms with van der Waals surface area (Å²) in [5.74, 6) is -1.61. The molecule has 1 heterocycles. The third-order valence-electron chi connectivity index (χ3n) is 5.70. The molecule has 0 radical (unpaired) electrons. The van der Waals surface area contributed by atoms with Crippen LogP contribution in [0.5, 0.6) is 0 Å². The van der Waals surface area contributed by atoms with Crippen molar-refractivity contribution in [3.05, 3.63) is 64.0 Å². The molecule has 2 aromatic carbocycles. The van der Waals surface area contributed by atoms with Crippen LogP contribution in [0.15, 0.2) is 42.5 Å². The van der Waals surface area contributed by atoms with Crippen molar-refractivity contribution in [1.29, 1.82) is 0 Å². The molecule has 0 aromatic heterocycles. The second kappa shape index (κ2) is 7.62. The van der Waals surface area contributed by atoms with Gasteiger partial charge in [0, 0.05) is 18.2 Å². The molecule has 1 aliphatic heterocycles. The van der Waals surface area contributed by atoms with Crippen molar-refractivity contribution in [2.75, 3.05) is 10.2 Å². The maximum absolute atomic E-state index is 13.8. The fourth-order valence-corrected chi connectivity index (χ4v) is 4.21. The van der Waals surface area contributed by atoms with Crippen molar-refractivity contribution in [2.24, 2.45) is 11.8 Å². The van der Waals surface area contributed by atoms with Crippen molar-refractivity contribution in [2.45, 2.75) is 32.2 Å². The van der Waals surface area contributed by atoms with Gasteiger partial charge in [-0.3, -0.25) is 19.7 Å². The second-order valence-corrected chi connectivity index (χ2v) is 7.41. The number of hydrogen-bond acceptors (Lipinski definition) is 5. The Labute approximate surface area is 166 Å². The van der Waals surface area contributed by atoms with E-state index >= 15 is 0 Å². The molecular weight excluding hydrogens is 377 g/mol. The van der Waals surface area contributed by atoms with E-state index in [1.54, 1.807) is 18.2 Å². The van der Waals surface area contributed by atoms with Crippen molar-refractivity contribution in [3.8, 4) is 0 Å².